The van der Waals surface area contributed by atoms with Crippen LogP contribution in [0.1, 0.15) is 36.5 Å². The summed E-state index contributed by atoms with van der Waals surface area (Å²) >= 11 is 6.09. The third-order valence-electron chi connectivity index (χ3n) is 3.93. The van der Waals surface area contributed by atoms with Crippen molar-refractivity contribution in [3.8, 4) is 0 Å². The van der Waals surface area contributed by atoms with E-state index < -0.39 is 15.9 Å². The van der Waals surface area contributed by atoms with Gasteiger partial charge in [0.15, 0.2) is 0 Å². The minimum absolute atomic E-state index is 0.0957. The first-order valence-corrected chi connectivity index (χ1v) is 9.77. The van der Waals surface area contributed by atoms with Crippen LogP contribution in [0.2, 0.25) is 5.02 Å². The highest BCUT2D eigenvalue weighted by atomic mass is 35.5. The van der Waals surface area contributed by atoms with E-state index in [0.29, 0.717) is 19.7 Å². The van der Waals surface area contributed by atoms with Gasteiger partial charge < -0.3 is 10.1 Å². The Kier molecular flexibility index (Phi) is 6.62. The number of amides is 1. The number of benzene rings is 1. The molecule has 1 amide bonds. The number of methoxy groups -OCH3 is 1. The topological polar surface area (TPSA) is 75.7 Å². The molecule has 1 aliphatic heterocycles. The lowest BCUT2D eigenvalue weighted by Crippen LogP contribution is -2.37. The van der Waals surface area contributed by atoms with Crippen LogP contribution in [-0.2, 0) is 14.8 Å². The van der Waals surface area contributed by atoms with Crippen LogP contribution in [0.3, 0.4) is 0 Å². The molecule has 0 spiro atoms. The van der Waals surface area contributed by atoms with Crippen LogP contribution in [0.15, 0.2) is 23.1 Å². The molecule has 0 saturated carbocycles. The van der Waals surface area contributed by atoms with Gasteiger partial charge in [0.05, 0.1) is 22.1 Å². The van der Waals surface area contributed by atoms with Crippen LogP contribution in [0.5, 0.6) is 0 Å². The second-order valence-corrected chi connectivity index (χ2v) is 8.28. The fraction of sp³-hybridized carbons (Fsp3) is 0.562. The van der Waals surface area contributed by atoms with Crippen LogP contribution in [0.25, 0.3) is 0 Å². The van der Waals surface area contributed by atoms with Crippen LogP contribution in [0, 0.1) is 0 Å². The van der Waals surface area contributed by atoms with E-state index in [1.54, 1.807) is 14.0 Å². The van der Waals surface area contributed by atoms with Crippen molar-refractivity contribution in [1.82, 2.24) is 9.62 Å². The Labute approximate surface area is 148 Å². The largest absolute Gasteiger partial charge is 0.383 e. The minimum Gasteiger partial charge on any atom is -0.383 e. The number of sulfonamides is 1. The van der Waals surface area contributed by atoms with Crippen LogP contribution < -0.4 is 5.32 Å². The van der Waals surface area contributed by atoms with Gasteiger partial charge in [-0.1, -0.05) is 18.0 Å². The number of nitrogens with zero attached hydrogens (tertiary/aromatic N) is 1. The van der Waals surface area contributed by atoms with Gasteiger partial charge in [0.1, 0.15) is 0 Å². The Hall–Kier alpha value is -1.15. The first kappa shape index (κ1) is 19.2. The zero-order chi connectivity index (χ0) is 17.7. The SMILES string of the molecule is COC[C@H](C)NC(=O)c1cc(S(=O)(=O)N2CCCCC2)ccc1Cl. The third-order valence-corrected chi connectivity index (χ3v) is 6.15. The molecule has 1 heterocycles. The summed E-state index contributed by atoms with van der Waals surface area (Å²) in [5, 5.41) is 2.96. The maximum Gasteiger partial charge on any atom is 0.253 e. The number of halogens is 1. The molecular weight excluding hydrogens is 352 g/mol. The zero-order valence-corrected chi connectivity index (χ0v) is 15.5. The van der Waals surface area contributed by atoms with Crippen molar-refractivity contribution in [3.05, 3.63) is 28.8 Å². The highest BCUT2D eigenvalue weighted by Crippen LogP contribution is 2.25. The fourth-order valence-electron chi connectivity index (χ4n) is 2.69. The lowest BCUT2D eigenvalue weighted by atomic mass is 10.2. The summed E-state index contributed by atoms with van der Waals surface area (Å²) in [6.07, 6.45) is 2.75. The summed E-state index contributed by atoms with van der Waals surface area (Å²) in [7, 11) is -2.06. The van der Waals surface area contributed by atoms with Crippen LogP contribution in [-0.4, -0.2) is 51.5 Å². The van der Waals surface area contributed by atoms with Crippen molar-refractivity contribution in [2.24, 2.45) is 0 Å². The van der Waals surface area contributed by atoms with Crippen molar-refractivity contribution < 1.29 is 17.9 Å². The molecule has 2 rings (SSSR count). The second kappa shape index (κ2) is 8.29. The van der Waals surface area contributed by atoms with Crippen molar-refractivity contribution in [3.63, 3.8) is 0 Å². The highest BCUT2D eigenvalue weighted by Gasteiger charge is 2.27. The van der Waals surface area contributed by atoms with Crippen LogP contribution >= 0.6 is 11.6 Å². The van der Waals surface area contributed by atoms with Gasteiger partial charge >= 0.3 is 0 Å². The summed E-state index contributed by atoms with van der Waals surface area (Å²) in [5.41, 5.74) is 0.151. The van der Waals surface area contributed by atoms with Gasteiger partial charge in [0.2, 0.25) is 10.0 Å². The normalized spacial score (nSPS) is 17.5. The maximum absolute atomic E-state index is 12.7. The van der Waals surface area contributed by atoms with E-state index >= 15 is 0 Å². The Morgan fingerprint density at radius 1 is 1.33 bits per heavy atom. The molecular formula is C16H23ClN2O4S. The summed E-state index contributed by atoms with van der Waals surface area (Å²) in [6.45, 7) is 3.17. The number of rotatable bonds is 6. The van der Waals surface area contributed by atoms with Gasteiger partial charge in [-0.05, 0) is 38.0 Å². The molecule has 0 bridgehead atoms. The number of ether oxygens (including phenoxy) is 1. The van der Waals surface area contributed by atoms with Gasteiger partial charge in [-0.25, -0.2) is 8.42 Å². The molecule has 1 saturated heterocycles. The van der Waals surface area contributed by atoms with Crippen molar-refractivity contribution in [2.45, 2.75) is 37.1 Å². The smallest absolute Gasteiger partial charge is 0.253 e. The Bertz CT molecular complexity index is 687. The molecule has 1 aromatic carbocycles. The van der Waals surface area contributed by atoms with Gasteiger partial charge in [-0.3, -0.25) is 4.79 Å². The monoisotopic (exact) mass is 374 g/mol. The molecule has 24 heavy (non-hydrogen) atoms. The number of carbonyl (C=O) groups excluding carboxylic acids is 1. The molecule has 1 aliphatic rings. The third kappa shape index (κ3) is 4.47. The lowest BCUT2D eigenvalue weighted by molar-refractivity contribution is 0.0905. The summed E-state index contributed by atoms with van der Waals surface area (Å²) < 4.78 is 31.9. The van der Waals surface area contributed by atoms with E-state index in [4.69, 9.17) is 16.3 Å². The molecule has 6 nitrogen and oxygen atoms in total. The Balaban J connectivity index is 2.26. The first-order chi connectivity index (χ1) is 11.4. The van der Waals surface area contributed by atoms with Gasteiger partial charge in [-0.2, -0.15) is 4.31 Å². The van der Waals surface area contributed by atoms with E-state index in [9.17, 15) is 13.2 Å². The van der Waals surface area contributed by atoms with E-state index in [1.165, 1.54) is 22.5 Å². The quantitative estimate of drug-likeness (QED) is 0.828. The predicted molar refractivity (Wildman–Crippen MR) is 92.9 cm³/mol. The Morgan fingerprint density at radius 3 is 2.62 bits per heavy atom. The van der Waals surface area contributed by atoms with Crippen LogP contribution in [0.4, 0.5) is 0 Å². The number of hydrogen-bond donors (Lipinski definition) is 1. The zero-order valence-electron chi connectivity index (χ0n) is 13.9. The van der Waals surface area contributed by atoms with E-state index in [0.717, 1.165) is 19.3 Å². The summed E-state index contributed by atoms with van der Waals surface area (Å²) in [4.78, 5) is 12.4. The van der Waals surface area contributed by atoms with E-state index in [2.05, 4.69) is 5.32 Å². The number of carbonyl (C=O) groups is 1. The standard InChI is InChI=1S/C16H23ClN2O4S/c1-12(11-23-2)18-16(20)14-10-13(6-7-15(14)17)24(21,22)19-8-4-3-5-9-19/h6-7,10,12H,3-5,8-9,11H2,1-2H3,(H,18,20)/t12-/m0/s1. The van der Waals surface area contributed by atoms with Crippen molar-refractivity contribution >= 4 is 27.5 Å². The van der Waals surface area contributed by atoms with Crippen molar-refractivity contribution in [1.29, 1.82) is 0 Å². The molecule has 1 N–H and O–H groups in total. The molecule has 0 aliphatic carbocycles. The number of nitrogens with one attached hydrogen (secondary N) is 1. The summed E-state index contributed by atoms with van der Waals surface area (Å²) in [5.74, 6) is -0.416. The molecule has 0 aromatic heterocycles. The summed E-state index contributed by atoms with van der Waals surface area (Å²) in [6, 6.07) is 4.04. The fourth-order valence-corrected chi connectivity index (χ4v) is 4.43. The van der Waals surface area contributed by atoms with E-state index in [-0.39, 0.29) is 21.5 Å². The van der Waals surface area contributed by atoms with Gasteiger partial charge in [0, 0.05) is 26.2 Å². The number of hydrogen-bond acceptors (Lipinski definition) is 4. The Morgan fingerprint density at radius 2 is 2.00 bits per heavy atom. The van der Waals surface area contributed by atoms with Gasteiger partial charge in [-0.15, -0.1) is 0 Å². The molecule has 1 aromatic rings. The predicted octanol–water partition coefficient (Wildman–Crippen LogP) is 2.28. The molecule has 1 atom stereocenters. The maximum atomic E-state index is 12.7. The lowest BCUT2D eigenvalue weighted by Gasteiger charge is -2.26. The second-order valence-electron chi connectivity index (χ2n) is 5.94. The average Bonchev–Trinajstić information content (AvgIpc) is 2.56. The molecule has 0 radical (unpaired) electrons. The van der Waals surface area contributed by atoms with Crippen molar-refractivity contribution in [2.75, 3.05) is 26.8 Å². The molecule has 134 valence electrons. The number of piperidine rings is 1. The molecule has 1 fully saturated rings. The van der Waals surface area contributed by atoms with Gasteiger partial charge in [0.25, 0.3) is 5.91 Å². The average molecular weight is 375 g/mol. The highest BCUT2D eigenvalue weighted by molar-refractivity contribution is 7.89. The minimum atomic E-state index is -3.60. The first-order valence-electron chi connectivity index (χ1n) is 7.95. The molecule has 8 heteroatoms. The van der Waals surface area contributed by atoms with E-state index in [1.807, 2.05) is 0 Å². The molecule has 0 unspecified atom stereocenters.